The van der Waals surface area contributed by atoms with Crippen LogP contribution in [0, 0.1) is 5.82 Å². The monoisotopic (exact) mass is 315 g/mol. The van der Waals surface area contributed by atoms with Gasteiger partial charge in [0.05, 0.1) is 11.0 Å². The molecular formula is C20H14FN3. The molecule has 4 heteroatoms. The number of aromatic nitrogens is 2. The smallest absolute Gasteiger partial charge is 0.145 e. The number of hydrogen-bond donors (Lipinski definition) is 1. The molecule has 1 aliphatic rings. The van der Waals surface area contributed by atoms with E-state index >= 15 is 0 Å². The molecule has 3 aromatic carbocycles. The SMILES string of the molecule is Fc1ccccc1[C@H]1Nc2ccccc2-c2nc3ccccc3n21. The van der Waals surface area contributed by atoms with Crippen molar-refractivity contribution in [3.05, 3.63) is 84.2 Å². The summed E-state index contributed by atoms with van der Waals surface area (Å²) in [6.45, 7) is 0. The van der Waals surface area contributed by atoms with Gasteiger partial charge in [0.1, 0.15) is 17.8 Å². The van der Waals surface area contributed by atoms with Gasteiger partial charge in [0.15, 0.2) is 0 Å². The van der Waals surface area contributed by atoms with E-state index in [0.29, 0.717) is 5.56 Å². The van der Waals surface area contributed by atoms with Gasteiger partial charge in [-0.1, -0.05) is 42.5 Å². The summed E-state index contributed by atoms with van der Waals surface area (Å²) in [6.07, 6.45) is -0.330. The molecule has 24 heavy (non-hydrogen) atoms. The predicted octanol–water partition coefficient (Wildman–Crippen LogP) is 4.81. The number of rotatable bonds is 1. The molecule has 5 rings (SSSR count). The molecule has 0 spiro atoms. The maximum Gasteiger partial charge on any atom is 0.145 e. The third-order valence-corrected chi connectivity index (χ3v) is 4.51. The second-order valence-corrected chi connectivity index (χ2v) is 5.91. The maximum atomic E-state index is 14.5. The fourth-order valence-electron chi connectivity index (χ4n) is 3.43. The van der Waals surface area contributed by atoms with Crippen LogP contribution in [0.5, 0.6) is 0 Å². The number of imidazole rings is 1. The van der Waals surface area contributed by atoms with Gasteiger partial charge in [0, 0.05) is 16.8 Å². The molecule has 2 heterocycles. The van der Waals surface area contributed by atoms with Gasteiger partial charge in [-0.3, -0.25) is 4.57 Å². The van der Waals surface area contributed by atoms with Gasteiger partial charge in [-0.05, 0) is 30.3 Å². The normalized spacial score (nSPS) is 15.6. The molecule has 0 bridgehead atoms. The van der Waals surface area contributed by atoms with E-state index in [1.54, 1.807) is 6.07 Å². The fraction of sp³-hybridized carbons (Fsp3) is 0.0500. The number of nitrogens with one attached hydrogen (secondary N) is 1. The zero-order valence-electron chi connectivity index (χ0n) is 12.8. The van der Waals surface area contributed by atoms with Crippen molar-refractivity contribution in [2.45, 2.75) is 6.17 Å². The number of para-hydroxylation sites is 3. The Bertz CT molecular complexity index is 1070. The molecule has 1 N–H and O–H groups in total. The molecular weight excluding hydrogens is 301 g/mol. The number of fused-ring (bicyclic) bond motifs is 5. The summed E-state index contributed by atoms with van der Waals surface area (Å²) < 4.78 is 16.6. The highest BCUT2D eigenvalue weighted by Gasteiger charge is 2.29. The summed E-state index contributed by atoms with van der Waals surface area (Å²) in [4.78, 5) is 4.80. The van der Waals surface area contributed by atoms with Crippen molar-refractivity contribution >= 4 is 16.7 Å². The third-order valence-electron chi connectivity index (χ3n) is 4.51. The average molecular weight is 315 g/mol. The van der Waals surface area contributed by atoms with Crippen LogP contribution in [0.1, 0.15) is 11.7 Å². The zero-order chi connectivity index (χ0) is 16.1. The van der Waals surface area contributed by atoms with Crippen LogP contribution >= 0.6 is 0 Å². The minimum Gasteiger partial charge on any atom is -0.360 e. The number of benzene rings is 3. The number of anilines is 1. The molecule has 4 aromatic rings. The lowest BCUT2D eigenvalue weighted by Crippen LogP contribution is -2.25. The first kappa shape index (κ1) is 13.3. The number of nitrogens with zero attached hydrogens (tertiary/aromatic N) is 2. The van der Waals surface area contributed by atoms with Crippen molar-refractivity contribution in [2.75, 3.05) is 5.32 Å². The van der Waals surface area contributed by atoms with Crippen molar-refractivity contribution in [1.82, 2.24) is 9.55 Å². The summed E-state index contributed by atoms with van der Waals surface area (Å²) in [7, 11) is 0. The van der Waals surface area contributed by atoms with Gasteiger partial charge in [-0.25, -0.2) is 9.37 Å². The van der Waals surface area contributed by atoms with Crippen LogP contribution in [-0.4, -0.2) is 9.55 Å². The van der Waals surface area contributed by atoms with Gasteiger partial charge >= 0.3 is 0 Å². The Morgan fingerprint density at radius 1 is 0.875 bits per heavy atom. The molecule has 0 saturated carbocycles. The minimum atomic E-state index is -0.330. The summed E-state index contributed by atoms with van der Waals surface area (Å²) in [5.74, 6) is 0.636. The Balaban J connectivity index is 1.86. The van der Waals surface area contributed by atoms with Crippen LogP contribution in [0.15, 0.2) is 72.8 Å². The van der Waals surface area contributed by atoms with Gasteiger partial charge in [0.25, 0.3) is 0 Å². The van der Waals surface area contributed by atoms with Gasteiger partial charge in [-0.15, -0.1) is 0 Å². The van der Waals surface area contributed by atoms with Gasteiger partial charge < -0.3 is 5.32 Å². The van der Waals surface area contributed by atoms with Crippen molar-refractivity contribution < 1.29 is 4.39 Å². The van der Waals surface area contributed by atoms with Gasteiger partial charge in [0.2, 0.25) is 0 Å². The fourth-order valence-corrected chi connectivity index (χ4v) is 3.43. The Morgan fingerprint density at radius 3 is 2.54 bits per heavy atom. The lowest BCUT2D eigenvalue weighted by Gasteiger charge is -2.30. The number of hydrogen-bond acceptors (Lipinski definition) is 2. The molecule has 1 atom stereocenters. The van der Waals surface area contributed by atoms with Crippen LogP contribution in [0.3, 0.4) is 0 Å². The van der Waals surface area contributed by atoms with E-state index in [4.69, 9.17) is 4.98 Å². The van der Waals surface area contributed by atoms with Crippen molar-refractivity contribution in [1.29, 1.82) is 0 Å². The molecule has 0 amide bonds. The van der Waals surface area contributed by atoms with Crippen LogP contribution < -0.4 is 5.32 Å². The van der Waals surface area contributed by atoms with Crippen LogP contribution in [0.2, 0.25) is 0 Å². The molecule has 0 aliphatic carbocycles. The minimum absolute atomic E-state index is 0.224. The highest BCUT2D eigenvalue weighted by Crippen LogP contribution is 2.40. The summed E-state index contributed by atoms with van der Waals surface area (Å²) in [6, 6.07) is 22.9. The highest BCUT2D eigenvalue weighted by atomic mass is 19.1. The number of halogens is 1. The lowest BCUT2D eigenvalue weighted by molar-refractivity contribution is 0.569. The molecule has 116 valence electrons. The van der Waals surface area contributed by atoms with Crippen LogP contribution in [0.25, 0.3) is 22.4 Å². The van der Waals surface area contributed by atoms with Crippen molar-refractivity contribution in [2.24, 2.45) is 0 Å². The highest BCUT2D eigenvalue weighted by molar-refractivity contribution is 5.86. The maximum absolute atomic E-state index is 14.5. The molecule has 1 aromatic heterocycles. The predicted molar refractivity (Wildman–Crippen MR) is 93.3 cm³/mol. The van der Waals surface area contributed by atoms with E-state index in [-0.39, 0.29) is 12.0 Å². The van der Waals surface area contributed by atoms with E-state index in [9.17, 15) is 4.39 Å². The quantitative estimate of drug-likeness (QED) is 0.546. The molecule has 0 radical (unpaired) electrons. The Labute approximate surface area is 138 Å². The summed E-state index contributed by atoms with van der Waals surface area (Å²) in [5.41, 5.74) is 4.50. The first-order chi connectivity index (χ1) is 11.8. The second kappa shape index (κ2) is 4.93. The third kappa shape index (κ3) is 1.80. The summed E-state index contributed by atoms with van der Waals surface area (Å²) >= 11 is 0. The summed E-state index contributed by atoms with van der Waals surface area (Å²) in [5, 5.41) is 3.47. The average Bonchev–Trinajstić information content (AvgIpc) is 3.01. The molecule has 3 nitrogen and oxygen atoms in total. The molecule has 0 fully saturated rings. The van der Waals surface area contributed by atoms with Gasteiger partial charge in [-0.2, -0.15) is 0 Å². The zero-order valence-corrected chi connectivity index (χ0v) is 12.8. The van der Waals surface area contributed by atoms with E-state index in [2.05, 4.69) is 9.88 Å². The Kier molecular flexibility index (Phi) is 2.73. The Morgan fingerprint density at radius 2 is 1.62 bits per heavy atom. The molecule has 1 aliphatic heterocycles. The topological polar surface area (TPSA) is 29.9 Å². The standard InChI is InChI=1S/C20H14FN3/c21-15-9-3-1-7-13(15)19-22-16-10-4-2-8-14(16)20-23-17-11-5-6-12-18(17)24(19)20/h1-12,19,22H/t19-/m0/s1. The van der Waals surface area contributed by atoms with E-state index in [1.165, 1.54) is 6.07 Å². The van der Waals surface area contributed by atoms with E-state index in [1.807, 2.05) is 60.7 Å². The van der Waals surface area contributed by atoms with Crippen molar-refractivity contribution in [3.63, 3.8) is 0 Å². The second-order valence-electron chi connectivity index (χ2n) is 5.91. The van der Waals surface area contributed by atoms with E-state index < -0.39 is 0 Å². The first-order valence-electron chi connectivity index (χ1n) is 7.90. The van der Waals surface area contributed by atoms with Crippen molar-refractivity contribution in [3.8, 4) is 11.4 Å². The first-order valence-corrected chi connectivity index (χ1v) is 7.90. The largest absolute Gasteiger partial charge is 0.360 e. The van der Waals surface area contributed by atoms with Crippen LogP contribution in [0.4, 0.5) is 10.1 Å². The Hall–Kier alpha value is -3.14. The van der Waals surface area contributed by atoms with E-state index in [0.717, 1.165) is 28.1 Å². The molecule has 0 unspecified atom stereocenters. The molecule has 0 saturated heterocycles. The van der Waals surface area contributed by atoms with Crippen LogP contribution in [-0.2, 0) is 0 Å². The lowest BCUT2D eigenvalue weighted by atomic mass is 10.1.